The lowest BCUT2D eigenvalue weighted by Crippen LogP contribution is -2.15. The van der Waals surface area contributed by atoms with Crippen LogP contribution in [0.3, 0.4) is 0 Å². The van der Waals surface area contributed by atoms with Gasteiger partial charge in [0, 0.05) is 6.61 Å². The van der Waals surface area contributed by atoms with Gasteiger partial charge in [-0.3, -0.25) is 0 Å². The maximum Gasteiger partial charge on any atom is 0.184 e. The molecule has 1 rings (SSSR count). The first-order valence-electron chi connectivity index (χ1n) is 5.83. The van der Waals surface area contributed by atoms with E-state index in [4.69, 9.17) is 22.1 Å². The second-order valence-corrected chi connectivity index (χ2v) is 6.40. The second kappa shape index (κ2) is 6.97. The predicted octanol–water partition coefficient (Wildman–Crippen LogP) is 2.51. The average molecular weight is 292 g/mol. The number of hydrogen-bond donors (Lipinski definition) is 1. The summed E-state index contributed by atoms with van der Waals surface area (Å²) in [6, 6.07) is 4.66. The summed E-state index contributed by atoms with van der Waals surface area (Å²) < 4.78 is 29.4. The number of ether oxygens (including phenoxy) is 1. The Bertz CT molecular complexity index is 468. The van der Waals surface area contributed by atoms with Gasteiger partial charge in [0.1, 0.15) is 4.90 Å². The van der Waals surface area contributed by atoms with Gasteiger partial charge in [0.15, 0.2) is 9.84 Å². The highest BCUT2D eigenvalue weighted by Gasteiger charge is 2.20. The molecule has 0 heterocycles. The van der Waals surface area contributed by atoms with Gasteiger partial charge in [-0.1, -0.05) is 31.0 Å². The summed E-state index contributed by atoms with van der Waals surface area (Å²) in [5.74, 6) is -0.107. The van der Waals surface area contributed by atoms with Gasteiger partial charge in [-0.25, -0.2) is 8.42 Å². The zero-order valence-electron chi connectivity index (χ0n) is 10.4. The first-order chi connectivity index (χ1) is 8.49. The monoisotopic (exact) mass is 291 g/mol. The van der Waals surface area contributed by atoms with Gasteiger partial charge in [-0.2, -0.15) is 0 Å². The number of unbranched alkanes of at least 4 members (excludes halogenated alkanes) is 1. The van der Waals surface area contributed by atoms with Crippen LogP contribution in [-0.4, -0.2) is 27.4 Å². The Kier molecular flexibility index (Phi) is 5.91. The fourth-order valence-corrected chi connectivity index (χ4v) is 3.34. The lowest BCUT2D eigenvalue weighted by atomic mass is 10.3. The molecule has 0 fully saturated rings. The molecule has 0 radical (unpaired) electrons. The highest BCUT2D eigenvalue weighted by atomic mass is 35.5. The quantitative estimate of drug-likeness (QED) is 0.619. The molecule has 0 atom stereocenters. The lowest BCUT2D eigenvalue weighted by molar-refractivity contribution is 0.146. The summed E-state index contributed by atoms with van der Waals surface area (Å²) in [5, 5.41) is 0.156. The Labute approximate surface area is 113 Å². The van der Waals surface area contributed by atoms with E-state index in [1.54, 1.807) is 6.07 Å². The largest absolute Gasteiger partial charge is 0.398 e. The number of hydrogen-bond acceptors (Lipinski definition) is 4. The van der Waals surface area contributed by atoms with Crippen molar-refractivity contribution in [3.05, 3.63) is 23.2 Å². The fraction of sp³-hybridized carbons (Fsp3) is 0.500. The molecule has 18 heavy (non-hydrogen) atoms. The molecule has 1 aromatic rings. The topological polar surface area (TPSA) is 69.4 Å². The van der Waals surface area contributed by atoms with Crippen LogP contribution >= 0.6 is 11.6 Å². The molecule has 0 unspecified atom stereocenters. The smallest absolute Gasteiger partial charge is 0.184 e. The normalized spacial score (nSPS) is 11.7. The summed E-state index contributed by atoms with van der Waals surface area (Å²) >= 11 is 5.88. The van der Waals surface area contributed by atoms with E-state index in [2.05, 4.69) is 0 Å². The number of benzene rings is 1. The van der Waals surface area contributed by atoms with E-state index in [0.29, 0.717) is 6.61 Å². The van der Waals surface area contributed by atoms with Gasteiger partial charge in [-0.05, 0) is 18.6 Å². The molecule has 0 aliphatic carbocycles. The third kappa shape index (κ3) is 4.15. The van der Waals surface area contributed by atoms with Gasteiger partial charge in [-0.15, -0.1) is 0 Å². The van der Waals surface area contributed by atoms with Crippen molar-refractivity contribution in [1.82, 2.24) is 0 Å². The molecule has 6 heteroatoms. The van der Waals surface area contributed by atoms with Crippen molar-refractivity contribution < 1.29 is 13.2 Å². The Morgan fingerprint density at radius 2 is 2.06 bits per heavy atom. The summed E-state index contributed by atoms with van der Waals surface area (Å²) in [7, 11) is -3.49. The fourth-order valence-electron chi connectivity index (χ4n) is 1.47. The van der Waals surface area contributed by atoms with E-state index in [-0.39, 0.29) is 28.0 Å². The highest BCUT2D eigenvalue weighted by molar-refractivity contribution is 7.91. The summed E-state index contributed by atoms with van der Waals surface area (Å²) in [6.45, 7) is 2.78. The Morgan fingerprint density at radius 1 is 1.33 bits per heavy atom. The van der Waals surface area contributed by atoms with Gasteiger partial charge in [0.25, 0.3) is 0 Å². The molecule has 0 saturated carbocycles. The minimum atomic E-state index is -3.49. The number of anilines is 1. The van der Waals surface area contributed by atoms with Crippen molar-refractivity contribution in [2.75, 3.05) is 24.7 Å². The molecular weight excluding hydrogens is 274 g/mol. The summed E-state index contributed by atoms with van der Waals surface area (Å²) in [5.41, 5.74) is 5.83. The van der Waals surface area contributed by atoms with Crippen LogP contribution in [0.15, 0.2) is 23.1 Å². The number of nitrogen functional groups attached to an aromatic ring is 1. The van der Waals surface area contributed by atoms with Gasteiger partial charge in [0.05, 0.1) is 23.1 Å². The van der Waals surface area contributed by atoms with E-state index < -0.39 is 9.84 Å². The minimum Gasteiger partial charge on any atom is -0.398 e. The van der Waals surface area contributed by atoms with Crippen molar-refractivity contribution in [3.8, 4) is 0 Å². The molecule has 0 amide bonds. The minimum absolute atomic E-state index is 0.00533. The first kappa shape index (κ1) is 15.3. The highest BCUT2D eigenvalue weighted by Crippen LogP contribution is 2.27. The van der Waals surface area contributed by atoms with Crippen LogP contribution in [0.25, 0.3) is 0 Å². The van der Waals surface area contributed by atoms with E-state index in [1.165, 1.54) is 12.1 Å². The Hall–Kier alpha value is -0.780. The van der Waals surface area contributed by atoms with Crippen LogP contribution in [0.4, 0.5) is 5.69 Å². The molecule has 0 saturated heterocycles. The molecule has 102 valence electrons. The van der Waals surface area contributed by atoms with E-state index in [9.17, 15) is 8.42 Å². The second-order valence-electron chi connectivity index (χ2n) is 3.94. The predicted molar refractivity (Wildman–Crippen MR) is 73.6 cm³/mol. The summed E-state index contributed by atoms with van der Waals surface area (Å²) in [6.07, 6.45) is 1.94. The van der Waals surface area contributed by atoms with E-state index in [1.807, 2.05) is 6.92 Å². The maximum absolute atomic E-state index is 12.1. The number of nitrogens with two attached hydrogens (primary N) is 1. The van der Waals surface area contributed by atoms with Crippen molar-refractivity contribution in [1.29, 1.82) is 0 Å². The van der Waals surface area contributed by atoms with Gasteiger partial charge in [0.2, 0.25) is 0 Å². The van der Waals surface area contributed by atoms with Crippen LogP contribution < -0.4 is 5.73 Å². The maximum atomic E-state index is 12.1. The number of halogens is 1. The molecule has 0 bridgehead atoms. The van der Waals surface area contributed by atoms with E-state index in [0.717, 1.165) is 12.8 Å². The van der Waals surface area contributed by atoms with Crippen LogP contribution in [0.5, 0.6) is 0 Å². The van der Waals surface area contributed by atoms with Crippen molar-refractivity contribution >= 4 is 27.1 Å². The average Bonchev–Trinajstić information content (AvgIpc) is 2.28. The SMILES string of the molecule is CCCCOCCS(=O)(=O)c1c(N)cccc1Cl. The number of sulfone groups is 1. The van der Waals surface area contributed by atoms with Crippen molar-refractivity contribution in [3.63, 3.8) is 0 Å². The Morgan fingerprint density at radius 3 is 2.67 bits per heavy atom. The van der Waals surface area contributed by atoms with Crippen molar-refractivity contribution in [2.24, 2.45) is 0 Å². The van der Waals surface area contributed by atoms with Crippen LogP contribution in [0.1, 0.15) is 19.8 Å². The van der Waals surface area contributed by atoms with Crippen LogP contribution in [0, 0.1) is 0 Å². The molecule has 0 spiro atoms. The number of rotatable bonds is 7. The third-order valence-corrected chi connectivity index (χ3v) is 4.66. The Balaban J connectivity index is 2.69. The molecule has 2 N–H and O–H groups in total. The zero-order chi connectivity index (χ0) is 13.6. The molecule has 0 aliphatic rings. The zero-order valence-corrected chi connectivity index (χ0v) is 11.9. The lowest BCUT2D eigenvalue weighted by Gasteiger charge is -2.09. The molecule has 0 aromatic heterocycles. The van der Waals surface area contributed by atoms with Gasteiger partial charge >= 0.3 is 0 Å². The molecule has 0 aliphatic heterocycles. The van der Waals surface area contributed by atoms with Crippen LogP contribution in [0.2, 0.25) is 5.02 Å². The molecular formula is C12H18ClNO3S. The van der Waals surface area contributed by atoms with E-state index >= 15 is 0 Å². The van der Waals surface area contributed by atoms with Crippen molar-refractivity contribution in [2.45, 2.75) is 24.7 Å². The summed E-state index contributed by atoms with van der Waals surface area (Å²) in [4.78, 5) is 0.00533. The molecule has 1 aromatic carbocycles. The van der Waals surface area contributed by atoms with Gasteiger partial charge < -0.3 is 10.5 Å². The molecule has 4 nitrogen and oxygen atoms in total. The third-order valence-electron chi connectivity index (χ3n) is 2.45. The first-order valence-corrected chi connectivity index (χ1v) is 7.86. The standard InChI is InChI=1S/C12H18ClNO3S/c1-2-3-7-17-8-9-18(15,16)12-10(13)5-4-6-11(12)14/h4-6H,2-3,7-9,14H2,1H3. The van der Waals surface area contributed by atoms with Crippen LogP contribution in [-0.2, 0) is 14.6 Å².